The van der Waals surface area contributed by atoms with E-state index in [2.05, 4.69) is 9.97 Å². The van der Waals surface area contributed by atoms with Crippen molar-refractivity contribution in [2.45, 2.75) is 13.8 Å². The van der Waals surface area contributed by atoms with Crippen LogP contribution < -0.4 is 0 Å². The highest BCUT2D eigenvalue weighted by molar-refractivity contribution is 7.11. The van der Waals surface area contributed by atoms with Gasteiger partial charge in [-0.25, -0.2) is 14.8 Å². The van der Waals surface area contributed by atoms with Crippen molar-refractivity contribution in [2.24, 2.45) is 0 Å². The molecule has 0 bridgehead atoms. The third-order valence-corrected chi connectivity index (χ3v) is 3.98. The number of carbonyl (C=O) groups is 1. The smallest absolute Gasteiger partial charge is 0.336 e. The van der Waals surface area contributed by atoms with Crippen molar-refractivity contribution in [3.63, 3.8) is 0 Å². The number of hydrogen-bond acceptors (Lipinski definition) is 4. The highest BCUT2D eigenvalue weighted by atomic mass is 32.1. The second-order valence-electron chi connectivity index (χ2n) is 4.52. The molecule has 0 fully saturated rings. The van der Waals surface area contributed by atoms with E-state index in [0.29, 0.717) is 16.6 Å². The van der Waals surface area contributed by atoms with E-state index in [4.69, 9.17) is 0 Å². The maximum atomic E-state index is 11.4. The number of rotatable bonds is 2. The Labute approximate surface area is 119 Å². The number of fused-ring (bicyclic) bond motifs is 1. The minimum Gasteiger partial charge on any atom is -0.478 e. The highest BCUT2D eigenvalue weighted by Crippen LogP contribution is 2.29. The fraction of sp³-hybridized carbons (Fsp3) is 0.133. The monoisotopic (exact) mass is 284 g/mol. The number of carboxylic acid groups (broad SMARTS) is 1. The van der Waals surface area contributed by atoms with Gasteiger partial charge in [-0.15, -0.1) is 11.3 Å². The van der Waals surface area contributed by atoms with Gasteiger partial charge in [0.05, 0.1) is 21.8 Å². The van der Waals surface area contributed by atoms with Gasteiger partial charge in [-0.3, -0.25) is 0 Å². The zero-order valence-electron chi connectivity index (χ0n) is 11.0. The third kappa shape index (κ3) is 2.06. The van der Waals surface area contributed by atoms with Gasteiger partial charge < -0.3 is 5.11 Å². The Morgan fingerprint density at radius 3 is 2.60 bits per heavy atom. The Kier molecular flexibility index (Phi) is 2.99. The first-order valence-electron chi connectivity index (χ1n) is 6.14. The average Bonchev–Trinajstić information content (AvgIpc) is 2.76. The Balaban J connectivity index is 2.32. The van der Waals surface area contributed by atoms with Gasteiger partial charge in [0.2, 0.25) is 0 Å². The summed E-state index contributed by atoms with van der Waals surface area (Å²) in [6.07, 6.45) is 0. The molecule has 0 amide bonds. The fourth-order valence-electron chi connectivity index (χ4n) is 2.24. The molecule has 1 N–H and O–H groups in total. The normalized spacial score (nSPS) is 10.9. The molecule has 2 aromatic heterocycles. The number of aromatic nitrogens is 2. The molecular weight excluding hydrogens is 272 g/mol. The lowest BCUT2D eigenvalue weighted by atomic mass is 10.1. The summed E-state index contributed by atoms with van der Waals surface area (Å²) >= 11 is 1.59. The molecule has 0 atom stereocenters. The topological polar surface area (TPSA) is 63.1 Å². The van der Waals surface area contributed by atoms with Gasteiger partial charge in [-0.1, -0.05) is 18.2 Å². The lowest BCUT2D eigenvalue weighted by Gasteiger charge is -2.05. The highest BCUT2D eigenvalue weighted by Gasteiger charge is 2.15. The van der Waals surface area contributed by atoms with Crippen LogP contribution in [0.15, 0.2) is 30.3 Å². The molecule has 0 unspecified atom stereocenters. The largest absolute Gasteiger partial charge is 0.478 e. The van der Waals surface area contributed by atoms with Crippen LogP contribution in [0, 0.1) is 13.8 Å². The summed E-state index contributed by atoms with van der Waals surface area (Å²) in [6, 6.07) is 8.86. The molecule has 3 rings (SSSR count). The Morgan fingerprint density at radius 1 is 1.20 bits per heavy atom. The van der Waals surface area contributed by atoms with Gasteiger partial charge in [-0.2, -0.15) is 0 Å². The quantitative estimate of drug-likeness (QED) is 0.779. The lowest BCUT2D eigenvalue weighted by molar-refractivity contribution is 0.0699. The number of aryl methyl sites for hydroxylation is 2. The van der Waals surface area contributed by atoms with E-state index in [1.807, 2.05) is 32.0 Å². The first-order valence-corrected chi connectivity index (χ1v) is 6.95. The molecule has 4 nitrogen and oxygen atoms in total. The molecule has 0 saturated carbocycles. The van der Waals surface area contributed by atoms with Gasteiger partial charge in [0.1, 0.15) is 5.69 Å². The minimum absolute atomic E-state index is 0.260. The van der Waals surface area contributed by atoms with E-state index in [1.165, 1.54) is 0 Å². The van der Waals surface area contributed by atoms with Crippen LogP contribution in [0.5, 0.6) is 0 Å². The summed E-state index contributed by atoms with van der Waals surface area (Å²) in [7, 11) is 0. The summed E-state index contributed by atoms with van der Waals surface area (Å²) in [6.45, 7) is 3.90. The van der Waals surface area contributed by atoms with Crippen molar-refractivity contribution in [3.05, 3.63) is 45.8 Å². The number of nitrogens with zero attached hydrogens (tertiary/aromatic N) is 2. The first-order chi connectivity index (χ1) is 9.56. The SMILES string of the molecule is Cc1nc(-c2cc(C(=O)O)c3ccccc3n2)c(C)s1. The molecule has 0 aliphatic rings. The molecule has 0 spiro atoms. The molecular formula is C15H12N2O2S. The standard InChI is InChI=1S/C15H12N2O2S/c1-8-14(16-9(2)20-8)13-7-11(15(18)19)10-5-3-4-6-12(10)17-13/h3-7H,1-2H3,(H,18,19). The molecule has 1 aromatic carbocycles. The number of para-hydroxylation sites is 1. The minimum atomic E-state index is -0.950. The number of pyridine rings is 1. The summed E-state index contributed by atoms with van der Waals surface area (Å²) < 4.78 is 0. The molecule has 2 heterocycles. The van der Waals surface area contributed by atoms with Crippen LogP contribution in [0.1, 0.15) is 20.2 Å². The van der Waals surface area contributed by atoms with Gasteiger partial charge in [-0.05, 0) is 26.0 Å². The summed E-state index contributed by atoms with van der Waals surface area (Å²) in [5.74, 6) is -0.950. The fourth-order valence-corrected chi connectivity index (χ4v) is 3.07. The van der Waals surface area contributed by atoms with Crippen molar-refractivity contribution in [2.75, 3.05) is 0 Å². The van der Waals surface area contributed by atoms with E-state index in [0.717, 1.165) is 15.6 Å². The zero-order valence-corrected chi connectivity index (χ0v) is 11.9. The Hall–Kier alpha value is -2.27. The van der Waals surface area contributed by atoms with Crippen molar-refractivity contribution in [1.82, 2.24) is 9.97 Å². The molecule has 0 saturated heterocycles. The zero-order chi connectivity index (χ0) is 14.3. The molecule has 3 aromatic rings. The van der Waals surface area contributed by atoms with Crippen molar-refractivity contribution in [1.29, 1.82) is 0 Å². The maximum Gasteiger partial charge on any atom is 0.336 e. The predicted molar refractivity (Wildman–Crippen MR) is 79.3 cm³/mol. The molecule has 0 radical (unpaired) electrons. The van der Waals surface area contributed by atoms with E-state index < -0.39 is 5.97 Å². The first kappa shape index (κ1) is 12.7. The van der Waals surface area contributed by atoms with Crippen molar-refractivity contribution < 1.29 is 9.90 Å². The summed E-state index contributed by atoms with van der Waals surface area (Å²) in [5, 5.41) is 11.0. The molecule has 0 aliphatic heterocycles. The van der Waals surface area contributed by atoms with Crippen LogP contribution in [0.2, 0.25) is 0 Å². The average molecular weight is 284 g/mol. The Morgan fingerprint density at radius 2 is 1.95 bits per heavy atom. The second-order valence-corrected chi connectivity index (χ2v) is 5.92. The van der Waals surface area contributed by atoms with Gasteiger partial charge in [0.15, 0.2) is 0 Å². The summed E-state index contributed by atoms with van der Waals surface area (Å²) in [4.78, 5) is 21.5. The number of hydrogen-bond donors (Lipinski definition) is 1. The summed E-state index contributed by atoms with van der Waals surface area (Å²) in [5.41, 5.74) is 2.31. The maximum absolute atomic E-state index is 11.4. The van der Waals surface area contributed by atoms with Crippen LogP contribution in [0.4, 0.5) is 0 Å². The van der Waals surface area contributed by atoms with Crippen LogP contribution in [0.3, 0.4) is 0 Å². The van der Waals surface area contributed by atoms with Crippen LogP contribution in [-0.2, 0) is 0 Å². The van der Waals surface area contributed by atoms with E-state index in [9.17, 15) is 9.90 Å². The van der Waals surface area contributed by atoms with Gasteiger partial charge >= 0.3 is 5.97 Å². The Bertz CT molecular complexity index is 824. The van der Waals surface area contributed by atoms with Gasteiger partial charge in [0.25, 0.3) is 0 Å². The van der Waals surface area contributed by atoms with E-state index in [1.54, 1.807) is 23.5 Å². The van der Waals surface area contributed by atoms with Crippen LogP contribution in [0.25, 0.3) is 22.3 Å². The lowest BCUT2D eigenvalue weighted by Crippen LogP contribution is -2.00. The van der Waals surface area contributed by atoms with E-state index >= 15 is 0 Å². The number of carboxylic acids is 1. The van der Waals surface area contributed by atoms with Crippen molar-refractivity contribution in [3.8, 4) is 11.4 Å². The van der Waals surface area contributed by atoms with Gasteiger partial charge in [0, 0.05) is 10.3 Å². The molecule has 20 heavy (non-hydrogen) atoms. The molecule has 100 valence electrons. The van der Waals surface area contributed by atoms with E-state index in [-0.39, 0.29) is 5.56 Å². The molecule has 5 heteroatoms. The predicted octanol–water partition coefficient (Wildman–Crippen LogP) is 3.67. The van der Waals surface area contributed by atoms with Crippen molar-refractivity contribution >= 4 is 28.2 Å². The number of thiazole rings is 1. The molecule has 0 aliphatic carbocycles. The van der Waals surface area contributed by atoms with Crippen LogP contribution >= 0.6 is 11.3 Å². The van der Waals surface area contributed by atoms with Crippen LogP contribution in [-0.4, -0.2) is 21.0 Å². The third-order valence-electron chi connectivity index (χ3n) is 3.09. The second kappa shape index (κ2) is 4.68. The number of aromatic carboxylic acids is 1. The number of benzene rings is 1.